The number of nitrogens with zero attached hydrogens (tertiary/aromatic N) is 2. The molecule has 1 N–H and O–H groups in total. The molecular formula is C16H11F2N3O3. The summed E-state index contributed by atoms with van der Waals surface area (Å²) in [5.41, 5.74) is 0.526. The van der Waals surface area contributed by atoms with E-state index in [1.807, 2.05) is 0 Å². The van der Waals surface area contributed by atoms with Gasteiger partial charge in [0.25, 0.3) is 5.78 Å². The minimum atomic E-state index is -0.938. The van der Waals surface area contributed by atoms with Gasteiger partial charge in [-0.2, -0.15) is 0 Å². The van der Waals surface area contributed by atoms with E-state index in [-0.39, 0.29) is 18.7 Å². The monoisotopic (exact) mass is 331 g/mol. The summed E-state index contributed by atoms with van der Waals surface area (Å²) in [6, 6.07) is 6.72. The fourth-order valence-corrected chi connectivity index (χ4v) is 2.14. The van der Waals surface area contributed by atoms with Crippen LogP contribution in [0.5, 0.6) is 0 Å². The zero-order valence-corrected chi connectivity index (χ0v) is 12.3. The van der Waals surface area contributed by atoms with E-state index in [0.29, 0.717) is 17.1 Å². The van der Waals surface area contributed by atoms with Crippen molar-refractivity contribution in [2.24, 2.45) is 0 Å². The molecule has 0 radical (unpaired) electrons. The minimum absolute atomic E-state index is 0.200. The molecule has 0 amide bonds. The van der Waals surface area contributed by atoms with Crippen LogP contribution in [-0.4, -0.2) is 26.7 Å². The number of ketones is 2. The molecule has 1 aromatic carbocycles. The van der Waals surface area contributed by atoms with Gasteiger partial charge >= 0.3 is 0 Å². The Labute approximate surface area is 134 Å². The van der Waals surface area contributed by atoms with Crippen LogP contribution in [0.4, 0.5) is 8.78 Å². The van der Waals surface area contributed by atoms with Crippen molar-refractivity contribution in [2.75, 3.05) is 0 Å². The third-order valence-corrected chi connectivity index (χ3v) is 3.29. The minimum Gasteiger partial charge on any atom is -0.465 e. The average Bonchev–Trinajstić information content (AvgIpc) is 3.22. The Morgan fingerprint density at radius 2 is 1.88 bits per heavy atom. The molecule has 6 nitrogen and oxygen atoms in total. The largest absolute Gasteiger partial charge is 0.465 e. The maximum absolute atomic E-state index is 13.2. The highest BCUT2D eigenvalue weighted by atomic mass is 19.2. The van der Waals surface area contributed by atoms with Crippen LogP contribution in [0, 0.1) is 11.6 Å². The Balaban J connectivity index is 1.66. The van der Waals surface area contributed by atoms with Gasteiger partial charge in [-0.15, -0.1) is 5.10 Å². The van der Waals surface area contributed by atoms with Crippen LogP contribution >= 0.6 is 0 Å². The molecule has 0 saturated carbocycles. The van der Waals surface area contributed by atoms with Gasteiger partial charge in [-0.25, -0.2) is 13.8 Å². The van der Waals surface area contributed by atoms with Gasteiger partial charge in [-0.3, -0.25) is 14.7 Å². The molecule has 0 atom stereocenters. The lowest BCUT2D eigenvalue weighted by molar-refractivity contribution is -0.114. The lowest BCUT2D eigenvalue weighted by Crippen LogP contribution is -2.17. The summed E-state index contributed by atoms with van der Waals surface area (Å²) < 4.78 is 31.5. The van der Waals surface area contributed by atoms with Crippen molar-refractivity contribution in [2.45, 2.75) is 12.8 Å². The Morgan fingerprint density at radius 3 is 2.58 bits per heavy atom. The van der Waals surface area contributed by atoms with Crippen LogP contribution in [0.25, 0.3) is 0 Å². The van der Waals surface area contributed by atoms with Gasteiger partial charge in [0.15, 0.2) is 11.6 Å². The molecule has 0 fully saturated rings. The Hall–Kier alpha value is -3.16. The summed E-state index contributed by atoms with van der Waals surface area (Å²) in [6.07, 6.45) is 1.21. The van der Waals surface area contributed by atoms with Crippen molar-refractivity contribution in [1.29, 1.82) is 0 Å². The molecule has 3 rings (SSSR count). The van der Waals surface area contributed by atoms with Crippen molar-refractivity contribution >= 4 is 11.6 Å². The molecule has 2 heterocycles. The van der Waals surface area contributed by atoms with Crippen LogP contribution in [-0.2, 0) is 17.6 Å². The number of benzene rings is 1. The number of aromatic nitrogens is 3. The third kappa shape index (κ3) is 3.43. The highest BCUT2D eigenvalue weighted by Crippen LogP contribution is 2.16. The molecule has 0 aliphatic heterocycles. The number of halogens is 2. The van der Waals surface area contributed by atoms with E-state index < -0.39 is 23.2 Å². The first kappa shape index (κ1) is 15.7. The number of hydrogen-bond donors (Lipinski definition) is 1. The van der Waals surface area contributed by atoms with Crippen LogP contribution in [0.3, 0.4) is 0 Å². The van der Waals surface area contributed by atoms with Crippen molar-refractivity contribution in [1.82, 2.24) is 15.2 Å². The predicted octanol–water partition coefficient (Wildman–Crippen LogP) is 2.26. The van der Waals surface area contributed by atoms with E-state index in [9.17, 15) is 18.4 Å². The predicted molar refractivity (Wildman–Crippen MR) is 77.3 cm³/mol. The highest BCUT2D eigenvalue weighted by molar-refractivity contribution is 6.42. The molecular weight excluding hydrogens is 320 g/mol. The van der Waals surface area contributed by atoms with Gasteiger partial charge < -0.3 is 4.42 Å². The number of rotatable bonds is 6. The number of H-pyrrole nitrogens is 1. The average molecular weight is 331 g/mol. The van der Waals surface area contributed by atoms with Gasteiger partial charge in [0.2, 0.25) is 11.6 Å². The van der Waals surface area contributed by atoms with E-state index in [2.05, 4.69) is 15.2 Å². The van der Waals surface area contributed by atoms with Crippen LogP contribution in [0.2, 0.25) is 0 Å². The van der Waals surface area contributed by atoms with Gasteiger partial charge in [-0.05, 0) is 29.8 Å². The summed E-state index contributed by atoms with van der Waals surface area (Å²) in [6.45, 7) is 0. The number of aromatic amines is 1. The highest BCUT2D eigenvalue weighted by Gasteiger charge is 2.21. The molecule has 0 bridgehead atoms. The van der Waals surface area contributed by atoms with Crippen LogP contribution < -0.4 is 0 Å². The quantitative estimate of drug-likeness (QED) is 0.553. The molecule has 0 unspecified atom stereocenters. The number of carbonyl (C=O) groups is 2. The van der Waals surface area contributed by atoms with Crippen molar-refractivity contribution in [3.05, 3.63) is 71.2 Å². The SMILES string of the molecule is O=C(Cc1ccc(Cc2ccc(F)c(F)c2)o1)C(=O)c1nc[nH]n1. The molecule has 8 heteroatoms. The van der Waals surface area contributed by atoms with Gasteiger partial charge in [0.05, 0.1) is 6.42 Å². The van der Waals surface area contributed by atoms with Crippen molar-refractivity contribution in [3.8, 4) is 0 Å². The standard InChI is InChI=1S/C16H11F2N3O3/c17-12-4-1-9(6-13(12)18)5-10-2-3-11(24-10)7-14(22)15(23)16-19-8-20-21-16/h1-4,6,8H,5,7H2,(H,19,20,21). The van der Waals surface area contributed by atoms with Crippen LogP contribution in [0.15, 0.2) is 41.1 Å². The summed E-state index contributed by atoms with van der Waals surface area (Å²) in [4.78, 5) is 27.3. The fourth-order valence-electron chi connectivity index (χ4n) is 2.14. The number of furan rings is 1. The molecule has 0 saturated heterocycles. The molecule has 122 valence electrons. The smallest absolute Gasteiger partial charge is 0.268 e. The zero-order chi connectivity index (χ0) is 17.1. The summed E-state index contributed by atoms with van der Waals surface area (Å²) in [5, 5.41) is 5.91. The molecule has 24 heavy (non-hydrogen) atoms. The van der Waals surface area contributed by atoms with Gasteiger partial charge in [0.1, 0.15) is 17.8 Å². The number of nitrogens with one attached hydrogen (secondary N) is 1. The summed E-state index contributed by atoms with van der Waals surface area (Å²) >= 11 is 0. The van der Waals surface area contributed by atoms with Gasteiger partial charge in [0, 0.05) is 6.42 Å². The van der Waals surface area contributed by atoms with Crippen molar-refractivity contribution < 1.29 is 22.8 Å². The second-order valence-electron chi connectivity index (χ2n) is 5.05. The number of hydrogen-bond acceptors (Lipinski definition) is 5. The fraction of sp³-hybridized carbons (Fsp3) is 0.125. The second-order valence-corrected chi connectivity index (χ2v) is 5.05. The number of Topliss-reactive ketones (excluding diaryl/α,β-unsaturated/α-hetero) is 2. The normalized spacial score (nSPS) is 10.8. The molecule has 0 aliphatic rings. The molecule has 3 aromatic rings. The summed E-state index contributed by atoms with van der Waals surface area (Å²) in [5.74, 6) is -2.82. The first-order chi connectivity index (χ1) is 11.5. The lowest BCUT2D eigenvalue weighted by atomic mass is 10.1. The lowest BCUT2D eigenvalue weighted by Gasteiger charge is -2.00. The molecule has 0 spiro atoms. The van der Waals surface area contributed by atoms with E-state index in [4.69, 9.17) is 4.42 Å². The third-order valence-electron chi connectivity index (χ3n) is 3.29. The van der Waals surface area contributed by atoms with Crippen LogP contribution in [0.1, 0.15) is 27.7 Å². The van der Waals surface area contributed by atoms with E-state index in [1.54, 1.807) is 12.1 Å². The maximum atomic E-state index is 13.2. The Kier molecular flexibility index (Phi) is 4.28. The zero-order valence-electron chi connectivity index (χ0n) is 12.3. The van der Waals surface area contributed by atoms with E-state index in [1.165, 1.54) is 12.4 Å². The second kappa shape index (κ2) is 6.53. The topological polar surface area (TPSA) is 88.9 Å². The van der Waals surface area contributed by atoms with E-state index in [0.717, 1.165) is 12.1 Å². The number of carbonyl (C=O) groups excluding carboxylic acids is 2. The maximum Gasteiger partial charge on any atom is 0.268 e. The van der Waals surface area contributed by atoms with Crippen molar-refractivity contribution in [3.63, 3.8) is 0 Å². The molecule has 2 aromatic heterocycles. The van der Waals surface area contributed by atoms with E-state index >= 15 is 0 Å². The molecule has 0 aliphatic carbocycles. The summed E-state index contributed by atoms with van der Waals surface area (Å²) in [7, 11) is 0. The van der Waals surface area contributed by atoms with Gasteiger partial charge in [-0.1, -0.05) is 6.07 Å². The Morgan fingerprint density at radius 1 is 1.08 bits per heavy atom. The first-order valence-electron chi connectivity index (χ1n) is 6.98. The first-order valence-corrected chi connectivity index (χ1v) is 6.98. The Bertz CT molecular complexity index is 888.